The number of ketones is 1. The van der Waals surface area contributed by atoms with E-state index in [1.165, 1.54) is 12.2 Å². The molecule has 1 aromatic heterocycles. The van der Waals surface area contributed by atoms with Crippen LogP contribution in [0, 0.1) is 0 Å². The Morgan fingerprint density at radius 2 is 2.33 bits per heavy atom. The number of alkyl halides is 1. The van der Waals surface area contributed by atoms with E-state index >= 15 is 0 Å². The fraction of sp³-hybridized carbons (Fsp3) is 0.143. The number of carboxylic acid groups (broad SMARTS) is 1. The predicted molar refractivity (Wildman–Crippen MR) is 55.6 cm³/mol. The summed E-state index contributed by atoms with van der Waals surface area (Å²) in [5.74, 6) is -0.545. The van der Waals surface area contributed by atoms with E-state index in [0.29, 0.717) is 5.69 Å². The lowest BCUT2D eigenvalue weighted by atomic mass is 10.0. The van der Waals surface area contributed by atoms with Crippen LogP contribution in [0.2, 0.25) is 0 Å². The molecule has 2 N–H and O–H groups in total. The number of aromatic amines is 1. The number of H-pyrrole nitrogens is 1. The molecule has 0 saturated heterocycles. The Hall–Kier alpha value is -1.45. The Balaban J connectivity index is 2.41. The minimum atomic E-state index is -1.55. The molecule has 0 bridgehead atoms. The third-order valence-corrected chi connectivity index (χ3v) is 2.86. The number of carbonyl (C=O) groups is 2. The van der Waals surface area contributed by atoms with Crippen LogP contribution >= 0.6 is 22.6 Å². The molecule has 0 radical (unpaired) electrons. The van der Waals surface area contributed by atoms with Gasteiger partial charge in [-0.1, -0.05) is 0 Å². The Labute approximate surface area is 96.6 Å². The van der Waals surface area contributed by atoms with E-state index in [1.807, 2.05) is 0 Å². The molecule has 1 unspecified atom stereocenters. The van der Waals surface area contributed by atoms with Crippen LogP contribution in [0.15, 0.2) is 6.08 Å². The van der Waals surface area contributed by atoms with Gasteiger partial charge in [0, 0.05) is 0 Å². The van der Waals surface area contributed by atoms with Gasteiger partial charge in [-0.05, 0) is 34.7 Å². The van der Waals surface area contributed by atoms with E-state index < -0.39 is 15.5 Å². The van der Waals surface area contributed by atoms with E-state index in [9.17, 15) is 9.59 Å². The average molecular weight is 321 g/mol. The number of ether oxygens (including phenoxy) is 1. The molecule has 1 aliphatic carbocycles. The lowest BCUT2D eigenvalue weighted by Gasteiger charge is -2.22. The monoisotopic (exact) mass is 321 g/mol. The largest absolute Gasteiger partial charge is 0.507 e. The first kappa shape index (κ1) is 10.1. The summed E-state index contributed by atoms with van der Waals surface area (Å²) in [4.78, 5) is 22.2. The zero-order chi connectivity index (χ0) is 11.1. The number of Topliss-reactive ketones (excluding diaryl/α,β-unsaturated/α-hetero) is 1. The van der Waals surface area contributed by atoms with E-state index in [2.05, 4.69) is 20.1 Å². The summed E-state index contributed by atoms with van der Waals surface area (Å²) < 4.78 is 2.95. The summed E-state index contributed by atoms with van der Waals surface area (Å²) in [6.07, 6.45) is 1.29. The van der Waals surface area contributed by atoms with Crippen molar-refractivity contribution < 1.29 is 19.4 Å². The van der Waals surface area contributed by atoms with Gasteiger partial charge in [0.1, 0.15) is 5.69 Å². The summed E-state index contributed by atoms with van der Waals surface area (Å²) in [6.45, 7) is 0. The normalized spacial score (nSPS) is 23.7. The third kappa shape index (κ3) is 1.60. The topological polar surface area (TPSA) is 105 Å². The number of nitrogens with zero attached hydrogens (tertiary/aromatic N) is 2. The van der Waals surface area contributed by atoms with Gasteiger partial charge < -0.3 is 9.84 Å². The van der Waals surface area contributed by atoms with Gasteiger partial charge in [-0.3, -0.25) is 4.79 Å². The molecule has 1 heterocycles. The second-order valence-corrected chi connectivity index (χ2v) is 4.34. The van der Waals surface area contributed by atoms with Crippen molar-refractivity contribution in [2.24, 2.45) is 0 Å². The van der Waals surface area contributed by atoms with Gasteiger partial charge in [-0.15, -0.1) is 0 Å². The van der Waals surface area contributed by atoms with Crippen molar-refractivity contribution in [3.63, 3.8) is 0 Å². The van der Waals surface area contributed by atoms with Crippen LogP contribution in [0.5, 0.6) is 0 Å². The maximum atomic E-state index is 11.8. The number of fused-ring (bicyclic) bond motifs is 1. The molecule has 1 aliphatic rings. The third-order valence-electron chi connectivity index (χ3n) is 1.79. The predicted octanol–water partition coefficient (Wildman–Crippen LogP) is 0.840. The SMILES string of the molecule is O=C(O)OC1(I)C=Cc2n[nH]nc2C1=O. The van der Waals surface area contributed by atoms with Crippen LogP contribution < -0.4 is 0 Å². The van der Waals surface area contributed by atoms with Crippen LogP contribution in [0.25, 0.3) is 6.08 Å². The Bertz CT molecular complexity index is 469. The molecule has 2 rings (SSSR count). The molecule has 0 aliphatic heterocycles. The summed E-state index contributed by atoms with van der Waals surface area (Å²) in [6, 6.07) is 0. The quantitative estimate of drug-likeness (QED) is 0.451. The number of rotatable bonds is 1. The zero-order valence-electron chi connectivity index (χ0n) is 7.10. The van der Waals surface area contributed by atoms with Gasteiger partial charge in [-0.2, -0.15) is 15.4 Å². The minimum absolute atomic E-state index is 0.0770. The fourth-order valence-electron chi connectivity index (χ4n) is 1.15. The highest BCUT2D eigenvalue weighted by atomic mass is 127. The van der Waals surface area contributed by atoms with Crippen LogP contribution in [-0.2, 0) is 4.74 Å². The molecular formula is C7H4IN3O4. The second kappa shape index (κ2) is 3.29. The molecule has 78 valence electrons. The van der Waals surface area contributed by atoms with E-state index in [0.717, 1.165) is 0 Å². The van der Waals surface area contributed by atoms with E-state index in [-0.39, 0.29) is 5.69 Å². The highest BCUT2D eigenvalue weighted by Gasteiger charge is 2.43. The highest BCUT2D eigenvalue weighted by Crippen LogP contribution is 2.32. The first-order valence-corrected chi connectivity index (χ1v) is 4.86. The van der Waals surface area contributed by atoms with Crippen LogP contribution in [-0.4, -0.2) is 36.1 Å². The van der Waals surface area contributed by atoms with Crippen molar-refractivity contribution in [2.45, 2.75) is 3.61 Å². The summed E-state index contributed by atoms with van der Waals surface area (Å²) in [5, 5.41) is 18.1. The van der Waals surface area contributed by atoms with E-state index in [4.69, 9.17) is 5.11 Å². The second-order valence-electron chi connectivity index (χ2n) is 2.73. The number of hydrogen-bond donors (Lipinski definition) is 2. The number of halogens is 1. The number of nitrogens with one attached hydrogen (secondary N) is 1. The summed E-state index contributed by atoms with van der Waals surface area (Å²) in [7, 11) is 0. The maximum absolute atomic E-state index is 11.8. The van der Waals surface area contributed by atoms with Crippen molar-refractivity contribution in [1.29, 1.82) is 0 Å². The molecule has 0 spiro atoms. The van der Waals surface area contributed by atoms with Gasteiger partial charge in [0.25, 0.3) is 0 Å². The van der Waals surface area contributed by atoms with Crippen molar-refractivity contribution in [1.82, 2.24) is 15.4 Å². The molecule has 8 heteroatoms. The Morgan fingerprint density at radius 3 is 3.00 bits per heavy atom. The molecular weight excluding hydrogens is 317 g/mol. The standard InChI is InChI=1S/C7H4IN3O4/c8-7(15-6(13)14)2-1-3-4(5(7)12)10-11-9-3/h1-2H,(H,13,14)(H,9,10,11). The molecule has 1 atom stereocenters. The molecule has 0 fully saturated rings. The molecule has 0 aromatic carbocycles. The van der Waals surface area contributed by atoms with E-state index in [1.54, 1.807) is 22.6 Å². The molecule has 15 heavy (non-hydrogen) atoms. The summed E-state index contributed by atoms with van der Waals surface area (Å²) >= 11 is 1.60. The first-order valence-electron chi connectivity index (χ1n) is 3.78. The van der Waals surface area contributed by atoms with Crippen LogP contribution in [0.1, 0.15) is 16.2 Å². The summed E-state index contributed by atoms with van der Waals surface area (Å²) in [5.41, 5.74) is 0.453. The van der Waals surface area contributed by atoms with Crippen molar-refractivity contribution in [2.75, 3.05) is 0 Å². The van der Waals surface area contributed by atoms with Crippen LogP contribution in [0.3, 0.4) is 0 Å². The lowest BCUT2D eigenvalue weighted by Crippen LogP contribution is -2.37. The van der Waals surface area contributed by atoms with Gasteiger partial charge >= 0.3 is 6.16 Å². The molecule has 0 amide bonds. The van der Waals surface area contributed by atoms with Crippen molar-refractivity contribution in [3.05, 3.63) is 17.5 Å². The van der Waals surface area contributed by atoms with Crippen molar-refractivity contribution in [3.8, 4) is 0 Å². The maximum Gasteiger partial charge on any atom is 0.507 e. The van der Waals surface area contributed by atoms with Gasteiger partial charge in [0.05, 0.1) is 0 Å². The van der Waals surface area contributed by atoms with Crippen LogP contribution in [0.4, 0.5) is 4.79 Å². The molecule has 1 aromatic rings. The first-order chi connectivity index (χ1) is 7.03. The highest BCUT2D eigenvalue weighted by molar-refractivity contribution is 14.1. The van der Waals surface area contributed by atoms with Gasteiger partial charge in [0.15, 0.2) is 5.69 Å². The number of aromatic nitrogens is 3. The van der Waals surface area contributed by atoms with Gasteiger partial charge in [0.2, 0.25) is 9.39 Å². The molecule has 7 nitrogen and oxygen atoms in total. The van der Waals surface area contributed by atoms with Gasteiger partial charge in [-0.25, -0.2) is 4.79 Å². The average Bonchev–Trinajstić information content (AvgIpc) is 2.59. The zero-order valence-corrected chi connectivity index (χ0v) is 9.26. The smallest absolute Gasteiger partial charge is 0.450 e. The Morgan fingerprint density at radius 1 is 1.60 bits per heavy atom. The minimum Gasteiger partial charge on any atom is -0.450 e. The lowest BCUT2D eigenvalue weighted by molar-refractivity contribution is 0.0491. The number of hydrogen-bond acceptors (Lipinski definition) is 5. The fourth-order valence-corrected chi connectivity index (χ4v) is 1.78. The molecule has 0 saturated carbocycles. The van der Waals surface area contributed by atoms with Crippen molar-refractivity contribution >= 4 is 40.6 Å². The number of carbonyl (C=O) groups excluding carboxylic acids is 1. The Kier molecular flexibility index (Phi) is 2.21.